The highest BCUT2D eigenvalue weighted by atomic mass is 16.2. The second kappa shape index (κ2) is 4.57. The van der Waals surface area contributed by atoms with Crippen LogP contribution < -0.4 is 10.6 Å². The maximum Gasteiger partial charge on any atom is 0.272 e. The minimum absolute atomic E-state index is 0.00492. The van der Waals surface area contributed by atoms with E-state index in [1.165, 1.54) is 0 Å². The van der Waals surface area contributed by atoms with Crippen LogP contribution in [-0.4, -0.2) is 34.2 Å². The molecule has 0 atom stereocenters. The summed E-state index contributed by atoms with van der Waals surface area (Å²) in [6.07, 6.45) is 2.08. The second-order valence-corrected chi connectivity index (χ2v) is 4.32. The molecule has 1 fully saturated rings. The van der Waals surface area contributed by atoms with E-state index in [1.54, 1.807) is 17.8 Å². The van der Waals surface area contributed by atoms with Crippen LogP contribution in [0.1, 0.15) is 29.0 Å². The van der Waals surface area contributed by atoms with Gasteiger partial charge in [-0.05, 0) is 25.8 Å². The van der Waals surface area contributed by atoms with Gasteiger partial charge < -0.3 is 10.6 Å². The van der Waals surface area contributed by atoms with Gasteiger partial charge in [0.2, 0.25) is 5.91 Å². The molecule has 1 saturated carbocycles. The molecule has 0 unspecified atom stereocenters. The number of hydrogen-bond donors (Lipinski definition) is 2. The summed E-state index contributed by atoms with van der Waals surface area (Å²) in [7, 11) is 1.77. The predicted octanol–water partition coefficient (Wildman–Crippen LogP) is -0.263. The van der Waals surface area contributed by atoms with Crippen LogP contribution in [0.3, 0.4) is 0 Å². The van der Waals surface area contributed by atoms with Crippen molar-refractivity contribution in [3.63, 3.8) is 0 Å². The van der Waals surface area contributed by atoms with Gasteiger partial charge in [-0.25, -0.2) is 0 Å². The number of rotatable bonds is 4. The van der Waals surface area contributed by atoms with Gasteiger partial charge in [-0.1, -0.05) is 0 Å². The van der Waals surface area contributed by atoms with Crippen molar-refractivity contribution in [1.82, 2.24) is 20.4 Å². The summed E-state index contributed by atoms with van der Waals surface area (Å²) < 4.78 is 1.62. The molecule has 0 aromatic carbocycles. The third-order valence-corrected chi connectivity index (χ3v) is 2.70. The van der Waals surface area contributed by atoms with Gasteiger partial charge in [0, 0.05) is 18.8 Å². The summed E-state index contributed by atoms with van der Waals surface area (Å²) in [6, 6.07) is 2.00. The minimum Gasteiger partial charge on any atom is -0.352 e. The highest BCUT2D eigenvalue weighted by Crippen LogP contribution is 2.18. The number of carbonyl (C=O) groups is 2. The van der Waals surface area contributed by atoms with Crippen LogP contribution in [0.2, 0.25) is 0 Å². The molecule has 0 radical (unpaired) electrons. The van der Waals surface area contributed by atoms with E-state index in [9.17, 15) is 9.59 Å². The largest absolute Gasteiger partial charge is 0.352 e. The quantitative estimate of drug-likeness (QED) is 0.756. The molecule has 1 aromatic heterocycles. The molecule has 0 aliphatic heterocycles. The molecule has 2 amide bonds. The first-order valence-electron chi connectivity index (χ1n) is 5.64. The van der Waals surface area contributed by atoms with Crippen LogP contribution in [0.25, 0.3) is 0 Å². The maximum absolute atomic E-state index is 11.6. The van der Waals surface area contributed by atoms with Crippen molar-refractivity contribution < 1.29 is 9.59 Å². The zero-order chi connectivity index (χ0) is 12.4. The summed E-state index contributed by atoms with van der Waals surface area (Å²) in [6.45, 7) is 1.87. The fraction of sp³-hybridized carbons (Fsp3) is 0.545. The molecule has 0 saturated heterocycles. The predicted molar refractivity (Wildman–Crippen MR) is 61.4 cm³/mol. The van der Waals surface area contributed by atoms with E-state index in [-0.39, 0.29) is 18.4 Å². The van der Waals surface area contributed by atoms with E-state index in [0.29, 0.717) is 11.7 Å². The lowest BCUT2D eigenvalue weighted by atomic mass is 10.3. The Labute approximate surface area is 99.4 Å². The second-order valence-electron chi connectivity index (χ2n) is 4.32. The van der Waals surface area contributed by atoms with Crippen LogP contribution >= 0.6 is 0 Å². The smallest absolute Gasteiger partial charge is 0.272 e. The molecule has 1 aliphatic rings. The molecule has 0 spiro atoms. The number of carbonyl (C=O) groups excluding carboxylic acids is 2. The number of aromatic nitrogens is 2. The van der Waals surface area contributed by atoms with Crippen LogP contribution in [0, 0.1) is 6.92 Å². The van der Waals surface area contributed by atoms with Gasteiger partial charge in [-0.3, -0.25) is 14.3 Å². The Balaban J connectivity index is 1.81. The monoisotopic (exact) mass is 236 g/mol. The first kappa shape index (κ1) is 11.6. The van der Waals surface area contributed by atoms with Gasteiger partial charge in [-0.15, -0.1) is 0 Å². The Morgan fingerprint density at radius 1 is 1.53 bits per heavy atom. The highest BCUT2D eigenvalue weighted by Gasteiger charge is 2.23. The van der Waals surface area contributed by atoms with Crippen molar-refractivity contribution in [2.45, 2.75) is 25.8 Å². The maximum atomic E-state index is 11.6. The van der Waals surface area contributed by atoms with Gasteiger partial charge in [0.05, 0.1) is 6.54 Å². The topological polar surface area (TPSA) is 76.0 Å². The molecule has 6 nitrogen and oxygen atoms in total. The van der Waals surface area contributed by atoms with Crippen molar-refractivity contribution in [2.75, 3.05) is 6.54 Å². The summed E-state index contributed by atoms with van der Waals surface area (Å²) in [5.41, 5.74) is 1.24. The molecule has 92 valence electrons. The molecule has 1 aliphatic carbocycles. The molecule has 1 heterocycles. The lowest BCUT2D eigenvalue weighted by Crippen LogP contribution is -2.38. The number of hydrogen-bond acceptors (Lipinski definition) is 3. The summed E-state index contributed by atoms with van der Waals surface area (Å²) in [5.74, 6) is -0.465. The molecule has 2 N–H and O–H groups in total. The molecular weight excluding hydrogens is 220 g/mol. The minimum atomic E-state index is -0.320. The van der Waals surface area contributed by atoms with E-state index >= 15 is 0 Å². The van der Waals surface area contributed by atoms with Crippen molar-refractivity contribution in [2.24, 2.45) is 7.05 Å². The van der Waals surface area contributed by atoms with E-state index in [2.05, 4.69) is 15.7 Å². The molecular formula is C11H16N4O2. The van der Waals surface area contributed by atoms with Crippen molar-refractivity contribution in [3.05, 3.63) is 17.5 Å². The number of aryl methyl sites for hydroxylation is 2. The molecule has 6 heteroatoms. The third-order valence-electron chi connectivity index (χ3n) is 2.70. The Morgan fingerprint density at radius 3 is 2.76 bits per heavy atom. The summed E-state index contributed by atoms with van der Waals surface area (Å²) in [5, 5.41) is 9.38. The first-order valence-corrected chi connectivity index (χ1v) is 5.64. The lowest BCUT2D eigenvalue weighted by Gasteiger charge is -2.03. The van der Waals surface area contributed by atoms with E-state index in [1.807, 2.05) is 6.92 Å². The molecule has 2 rings (SSSR count). The normalized spacial score (nSPS) is 14.5. The van der Waals surface area contributed by atoms with Crippen LogP contribution in [0.4, 0.5) is 0 Å². The number of amides is 2. The van der Waals surface area contributed by atoms with Gasteiger partial charge >= 0.3 is 0 Å². The van der Waals surface area contributed by atoms with Crippen LogP contribution in [-0.2, 0) is 11.8 Å². The molecule has 0 bridgehead atoms. The fourth-order valence-corrected chi connectivity index (χ4v) is 1.43. The Bertz CT molecular complexity index is 429. The van der Waals surface area contributed by atoms with E-state index in [4.69, 9.17) is 0 Å². The average molecular weight is 236 g/mol. The van der Waals surface area contributed by atoms with Crippen molar-refractivity contribution >= 4 is 11.8 Å². The first-order chi connectivity index (χ1) is 8.06. The molecule has 1 aromatic rings. The summed E-state index contributed by atoms with van der Waals surface area (Å²) in [4.78, 5) is 23.0. The van der Waals surface area contributed by atoms with E-state index in [0.717, 1.165) is 18.5 Å². The zero-order valence-corrected chi connectivity index (χ0v) is 9.99. The summed E-state index contributed by atoms with van der Waals surface area (Å²) >= 11 is 0. The fourth-order valence-electron chi connectivity index (χ4n) is 1.43. The number of nitrogens with one attached hydrogen (secondary N) is 2. The van der Waals surface area contributed by atoms with Gasteiger partial charge in [0.25, 0.3) is 5.91 Å². The highest BCUT2D eigenvalue weighted by molar-refractivity contribution is 5.95. The van der Waals surface area contributed by atoms with Gasteiger partial charge in [-0.2, -0.15) is 5.10 Å². The van der Waals surface area contributed by atoms with Crippen molar-refractivity contribution in [3.8, 4) is 0 Å². The average Bonchev–Trinajstić information content (AvgIpc) is 3.02. The van der Waals surface area contributed by atoms with Crippen LogP contribution in [0.15, 0.2) is 6.07 Å². The Morgan fingerprint density at radius 2 is 2.24 bits per heavy atom. The zero-order valence-electron chi connectivity index (χ0n) is 9.99. The van der Waals surface area contributed by atoms with Crippen LogP contribution in [0.5, 0.6) is 0 Å². The van der Waals surface area contributed by atoms with Gasteiger partial charge in [0.1, 0.15) is 5.69 Å². The van der Waals surface area contributed by atoms with E-state index < -0.39 is 0 Å². The Hall–Kier alpha value is -1.85. The SMILES string of the molecule is Cc1cc(C(=O)NCC(=O)NC2CC2)nn1C. The van der Waals surface area contributed by atoms with Gasteiger partial charge in [0.15, 0.2) is 0 Å². The third kappa shape index (κ3) is 3.05. The Kier molecular flexibility index (Phi) is 3.12. The molecule has 17 heavy (non-hydrogen) atoms. The number of nitrogens with zero attached hydrogens (tertiary/aromatic N) is 2. The van der Waals surface area contributed by atoms with Crippen molar-refractivity contribution in [1.29, 1.82) is 0 Å². The lowest BCUT2D eigenvalue weighted by molar-refractivity contribution is -0.120. The standard InChI is InChI=1S/C11H16N4O2/c1-7-5-9(14-15(7)2)11(17)12-6-10(16)13-8-3-4-8/h5,8H,3-4,6H2,1-2H3,(H,12,17)(H,13,16).